The Morgan fingerprint density at radius 1 is 1.04 bits per heavy atom. The largest absolute Gasteiger partial charge is 0.396 e. The second-order valence-corrected chi connectivity index (χ2v) is 7.85. The number of likely N-dealkylation sites (tertiary alicyclic amines) is 1. The molecule has 1 aliphatic rings. The van der Waals surface area contributed by atoms with Crippen LogP contribution in [0, 0.1) is 6.92 Å². The molecular weight excluding hydrogens is 314 g/mol. The van der Waals surface area contributed by atoms with Gasteiger partial charge in [0.15, 0.2) is 0 Å². The number of amides is 1. The van der Waals surface area contributed by atoms with Gasteiger partial charge in [0.05, 0.1) is 11.6 Å². The normalized spacial score (nSPS) is 16.6. The van der Waals surface area contributed by atoms with Gasteiger partial charge in [0.25, 0.3) is 0 Å². The molecule has 0 aliphatic carbocycles. The molecule has 0 aromatic carbocycles. The number of unbranched alkanes of at least 4 members (excludes halogenated alkanes) is 9. The summed E-state index contributed by atoms with van der Waals surface area (Å²) in [5.41, 5.74) is -0.491. The van der Waals surface area contributed by atoms with Gasteiger partial charge in [-0.1, -0.05) is 51.4 Å². The highest BCUT2D eigenvalue weighted by molar-refractivity contribution is 5.78. The monoisotopic (exact) mass is 353 g/mol. The molecular formula is C21H39NO3. The molecule has 4 nitrogen and oxygen atoms in total. The SMILES string of the molecule is [CH]C(N1CCCC1=O)C(C)(C)OCCCCCCCCCCCCO. The maximum Gasteiger partial charge on any atom is 0.222 e. The molecule has 1 heterocycles. The smallest absolute Gasteiger partial charge is 0.222 e. The molecule has 1 amide bonds. The highest BCUT2D eigenvalue weighted by Gasteiger charge is 2.36. The molecule has 25 heavy (non-hydrogen) atoms. The number of rotatable bonds is 15. The maximum atomic E-state index is 11.8. The van der Waals surface area contributed by atoms with Gasteiger partial charge in [-0.3, -0.25) is 4.79 Å². The van der Waals surface area contributed by atoms with Gasteiger partial charge in [0.1, 0.15) is 0 Å². The van der Waals surface area contributed by atoms with Crippen molar-refractivity contribution in [3.8, 4) is 0 Å². The minimum Gasteiger partial charge on any atom is -0.396 e. The number of hydrogen-bond acceptors (Lipinski definition) is 3. The van der Waals surface area contributed by atoms with Gasteiger partial charge >= 0.3 is 0 Å². The number of aliphatic hydroxyl groups is 1. The van der Waals surface area contributed by atoms with Crippen molar-refractivity contribution in [2.75, 3.05) is 19.8 Å². The number of aliphatic hydroxyl groups excluding tert-OH is 1. The van der Waals surface area contributed by atoms with Crippen molar-refractivity contribution in [1.29, 1.82) is 0 Å². The van der Waals surface area contributed by atoms with Gasteiger partial charge in [-0.25, -0.2) is 0 Å². The maximum absolute atomic E-state index is 11.8. The fourth-order valence-corrected chi connectivity index (χ4v) is 3.39. The summed E-state index contributed by atoms with van der Waals surface area (Å²) in [5, 5.41) is 8.72. The van der Waals surface area contributed by atoms with Crippen molar-refractivity contribution in [3.63, 3.8) is 0 Å². The Kier molecular flexibility index (Phi) is 11.4. The van der Waals surface area contributed by atoms with E-state index in [2.05, 4.69) is 0 Å². The number of ether oxygens (including phenoxy) is 1. The molecule has 0 spiro atoms. The van der Waals surface area contributed by atoms with Gasteiger partial charge in [0, 0.05) is 26.2 Å². The Hall–Kier alpha value is -0.610. The molecule has 4 heteroatoms. The van der Waals surface area contributed by atoms with Crippen LogP contribution in [0.1, 0.15) is 90.9 Å². The van der Waals surface area contributed by atoms with E-state index in [0.29, 0.717) is 19.6 Å². The Morgan fingerprint density at radius 3 is 2.04 bits per heavy atom. The average molecular weight is 354 g/mol. The summed E-state index contributed by atoms with van der Waals surface area (Å²) in [6.07, 6.45) is 13.6. The lowest BCUT2D eigenvalue weighted by Gasteiger charge is -2.37. The van der Waals surface area contributed by atoms with E-state index in [-0.39, 0.29) is 11.9 Å². The third-order valence-electron chi connectivity index (χ3n) is 5.18. The summed E-state index contributed by atoms with van der Waals surface area (Å²) in [5.74, 6) is 0.153. The van der Waals surface area contributed by atoms with Crippen molar-refractivity contribution in [3.05, 3.63) is 6.92 Å². The van der Waals surface area contributed by atoms with E-state index < -0.39 is 5.60 Å². The fraction of sp³-hybridized carbons (Fsp3) is 0.905. The highest BCUT2D eigenvalue weighted by atomic mass is 16.5. The molecule has 1 unspecified atom stereocenters. The van der Waals surface area contributed by atoms with Crippen LogP contribution < -0.4 is 0 Å². The van der Waals surface area contributed by atoms with Gasteiger partial charge in [-0.05, 0) is 40.0 Å². The molecule has 1 aliphatic heterocycles. The molecule has 0 saturated carbocycles. The molecule has 2 radical (unpaired) electrons. The van der Waals surface area contributed by atoms with E-state index in [4.69, 9.17) is 16.8 Å². The van der Waals surface area contributed by atoms with Crippen molar-refractivity contribution in [2.45, 2.75) is 103 Å². The highest BCUT2D eigenvalue weighted by Crippen LogP contribution is 2.24. The van der Waals surface area contributed by atoms with E-state index in [9.17, 15) is 4.79 Å². The first kappa shape index (κ1) is 22.4. The van der Waals surface area contributed by atoms with Crippen molar-refractivity contribution >= 4 is 5.91 Å². The first-order chi connectivity index (χ1) is 12.0. The predicted molar refractivity (Wildman–Crippen MR) is 102 cm³/mol. The van der Waals surface area contributed by atoms with Crippen molar-refractivity contribution < 1.29 is 14.6 Å². The van der Waals surface area contributed by atoms with E-state index in [1.807, 2.05) is 13.8 Å². The Morgan fingerprint density at radius 2 is 1.56 bits per heavy atom. The number of nitrogens with zero attached hydrogens (tertiary/aromatic N) is 1. The van der Waals surface area contributed by atoms with Gasteiger partial charge < -0.3 is 14.7 Å². The predicted octanol–water partition coefficient (Wildman–Crippen LogP) is 4.38. The van der Waals surface area contributed by atoms with Gasteiger partial charge in [0.2, 0.25) is 5.91 Å². The topological polar surface area (TPSA) is 49.8 Å². The molecule has 1 rings (SSSR count). The van der Waals surface area contributed by atoms with Crippen LogP contribution in [0.2, 0.25) is 0 Å². The fourth-order valence-electron chi connectivity index (χ4n) is 3.39. The lowest BCUT2D eigenvalue weighted by molar-refractivity contribution is -0.135. The van der Waals surface area contributed by atoms with Crippen LogP contribution in [-0.2, 0) is 9.53 Å². The molecule has 146 valence electrons. The summed E-state index contributed by atoms with van der Waals surface area (Å²) in [4.78, 5) is 13.6. The summed E-state index contributed by atoms with van der Waals surface area (Å²) < 4.78 is 6.00. The van der Waals surface area contributed by atoms with E-state index >= 15 is 0 Å². The van der Waals surface area contributed by atoms with Crippen LogP contribution in [0.25, 0.3) is 0 Å². The first-order valence-corrected chi connectivity index (χ1v) is 10.3. The van der Waals surface area contributed by atoms with Crippen molar-refractivity contribution in [1.82, 2.24) is 4.90 Å². The van der Waals surface area contributed by atoms with Crippen LogP contribution in [-0.4, -0.2) is 47.3 Å². The zero-order valence-corrected chi connectivity index (χ0v) is 16.5. The average Bonchev–Trinajstić information content (AvgIpc) is 3.01. The Labute approximate surface area is 155 Å². The zero-order valence-electron chi connectivity index (χ0n) is 16.5. The number of hydrogen-bond donors (Lipinski definition) is 1. The lowest BCUT2D eigenvalue weighted by atomic mass is 9.98. The molecule has 0 bridgehead atoms. The third-order valence-corrected chi connectivity index (χ3v) is 5.18. The van der Waals surface area contributed by atoms with Gasteiger partial charge in [-0.15, -0.1) is 0 Å². The molecule has 1 N–H and O–H groups in total. The molecule has 0 aromatic heterocycles. The Balaban J connectivity index is 1.98. The van der Waals surface area contributed by atoms with Crippen LogP contribution >= 0.6 is 0 Å². The van der Waals surface area contributed by atoms with Crippen LogP contribution in [0.5, 0.6) is 0 Å². The second-order valence-electron chi connectivity index (χ2n) is 7.85. The zero-order chi connectivity index (χ0) is 18.5. The van der Waals surface area contributed by atoms with E-state index in [0.717, 1.165) is 32.2 Å². The second kappa shape index (κ2) is 12.7. The van der Waals surface area contributed by atoms with E-state index in [1.54, 1.807) is 4.90 Å². The Bertz CT molecular complexity index is 357. The standard InChI is InChI=1S/C21H39NO3/c1-19(22-16-14-15-20(22)24)21(2,3)25-18-13-11-9-7-5-4-6-8-10-12-17-23/h1,19,23H,4-18H2,2-3H3. The first-order valence-electron chi connectivity index (χ1n) is 10.3. The summed E-state index contributed by atoms with van der Waals surface area (Å²) in [6, 6.07) is -0.353. The lowest BCUT2D eigenvalue weighted by Crippen LogP contribution is -2.50. The van der Waals surface area contributed by atoms with Crippen LogP contribution in [0.4, 0.5) is 0 Å². The third kappa shape index (κ3) is 9.05. The minimum absolute atomic E-state index is 0.153. The van der Waals surface area contributed by atoms with Gasteiger partial charge in [-0.2, -0.15) is 0 Å². The van der Waals surface area contributed by atoms with E-state index in [1.165, 1.54) is 44.9 Å². The number of carbonyl (C=O) groups excluding carboxylic acids is 1. The molecule has 1 fully saturated rings. The van der Waals surface area contributed by atoms with Crippen LogP contribution in [0.15, 0.2) is 0 Å². The van der Waals surface area contributed by atoms with Crippen molar-refractivity contribution in [2.24, 2.45) is 0 Å². The van der Waals surface area contributed by atoms with Crippen LogP contribution in [0.3, 0.4) is 0 Å². The molecule has 1 saturated heterocycles. The minimum atomic E-state index is -0.491. The summed E-state index contributed by atoms with van der Waals surface area (Å²) >= 11 is 0. The summed E-state index contributed by atoms with van der Waals surface area (Å²) in [7, 11) is 0. The molecule has 1 atom stereocenters. The molecule has 0 aromatic rings. The number of carbonyl (C=O) groups is 1. The summed E-state index contributed by atoms with van der Waals surface area (Å²) in [6.45, 7) is 12.0. The quantitative estimate of drug-likeness (QED) is 0.445.